The summed E-state index contributed by atoms with van der Waals surface area (Å²) in [6.07, 6.45) is 0.875. The van der Waals surface area contributed by atoms with Gasteiger partial charge in [0.1, 0.15) is 5.78 Å². The molecule has 94 valence electrons. The van der Waals surface area contributed by atoms with Crippen LogP contribution in [0.2, 0.25) is 0 Å². The highest BCUT2D eigenvalue weighted by Crippen LogP contribution is 2.11. The summed E-state index contributed by atoms with van der Waals surface area (Å²) < 4.78 is 22.0. The normalized spacial score (nSPS) is 11.8. The van der Waals surface area contributed by atoms with E-state index >= 15 is 0 Å². The lowest BCUT2D eigenvalue weighted by molar-refractivity contribution is -0.119. The van der Waals surface area contributed by atoms with Crippen LogP contribution in [0.1, 0.15) is 25.8 Å². The average Bonchev–Trinajstić information content (AvgIpc) is 2.15. The van der Waals surface area contributed by atoms with Gasteiger partial charge in [-0.2, -0.15) is 0 Å². The van der Waals surface area contributed by atoms with Crippen LogP contribution in [0.25, 0.3) is 0 Å². The van der Waals surface area contributed by atoms with Crippen molar-refractivity contribution in [3.63, 3.8) is 0 Å². The lowest BCUT2D eigenvalue weighted by Crippen LogP contribution is -2.12. The van der Waals surface area contributed by atoms with Crippen molar-refractivity contribution in [2.75, 3.05) is 0 Å². The number of primary sulfonamides is 1. The van der Waals surface area contributed by atoms with Crippen LogP contribution in [0.4, 0.5) is 0 Å². The highest BCUT2D eigenvalue weighted by Gasteiger charge is 2.09. The number of carbonyl (C=O) groups is 1. The molecule has 17 heavy (non-hydrogen) atoms. The van der Waals surface area contributed by atoms with Crippen molar-refractivity contribution in [1.29, 1.82) is 0 Å². The first kappa shape index (κ1) is 13.9. The third kappa shape index (κ3) is 4.66. The van der Waals surface area contributed by atoms with E-state index < -0.39 is 10.0 Å². The molecule has 0 saturated heterocycles. The Kier molecular flexibility index (Phi) is 4.42. The molecule has 0 atom stereocenters. The van der Waals surface area contributed by atoms with E-state index in [-0.39, 0.29) is 10.7 Å². The van der Waals surface area contributed by atoms with Crippen molar-refractivity contribution in [2.45, 2.75) is 31.6 Å². The third-order valence-electron chi connectivity index (χ3n) is 2.29. The average molecular weight is 255 g/mol. The largest absolute Gasteiger partial charge is 0.299 e. The van der Waals surface area contributed by atoms with Gasteiger partial charge in [0, 0.05) is 12.8 Å². The van der Waals surface area contributed by atoms with Crippen molar-refractivity contribution < 1.29 is 13.2 Å². The molecule has 0 aliphatic carbocycles. The maximum absolute atomic E-state index is 11.6. The summed E-state index contributed by atoms with van der Waals surface area (Å²) in [6.45, 7) is 3.98. The van der Waals surface area contributed by atoms with E-state index in [1.807, 2.05) is 13.8 Å². The van der Waals surface area contributed by atoms with E-state index in [4.69, 9.17) is 5.14 Å². The Balaban J connectivity index is 2.73. The zero-order valence-corrected chi connectivity index (χ0v) is 10.8. The number of ketones is 1. The van der Waals surface area contributed by atoms with Gasteiger partial charge >= 0.3 is 0 Å². The molecule has 0 unspecified atom stereocenters. The highest BCUT2D eigenvalue weighted by atomic mass is 32.2. The summed E-state index contributed by atoms with van der Waals surface area (Å²) >= 11 is 0. The van der Waals surface area contributed by atoms with Gasteiger partial charge in [0.15, 0.2) is 0 Å². The smallest absolute Gasteiger partial charge is 0.238 e. The summed E-state index contributed by atoms with van der Waals surface area (Å²) in [6, 6.07) is 6.09. The second kappa shape index (κ2) is 5.42. The molecule has 0 heterocycles. The van der Waals surface area contributed by atoms with E-state index in [0.29, 0.717) is 18.8 Å². The van der Waals surface area contributed by atoms with Gasteiger partial charge < -0.3 is 0 Å². The predicted molar refractivity (Wildman–Crippen MR) is 66.0 cm³/mol. The molecule has 0 bridgehead atoms. The molecular formula is C12H17NO3S. The Labute approximate surface area is 102 Å². The predicted octanol–water partition coefficient (Wildman–Crippen LogP) is 1.49. The number of hydrogen-bond acceptors (Lipinski definition) is 3. The maximum atomic E-state index is 11.6. The van der Waals surface area contributed by atoms with Gasteiger partial charge in [0.05, 0.1) is 4.90 Å². The molecule has 5 heteroatoms. The number of nitrogens with two attached hydrogens (primary N) is 1. The molecule has 0 saturated carbocycles. The van der Waals surface area contributed by atoms with Gasteiger partial charge in [-0.25, -0.2) is 13.6 Å². The second-order valence-corrected chi connectivity index (χ2v) is 6.06. The van der Waals surface area contributed by atoms with Crippen molar-refractivity contribution in [2.24, 2.45) is 11.1 Å². The molecule has 0 aromatic heterocycles. The van der Waals surface area contributed by atoms with Crippen molar-refractivity contribution in [3.05, 3.63) is 29.8 Å². The zero-order valence-electron chi connectivity index (χ0n) is 10.0. The van der Waals surface area contributed by atoms with E-state index in [1.54, 1.807) is 12.1 Å². The standard InChI is InChI=1S/C12H17NO3S/c1-9(2)7-11(14)8-10-3-5-12(6-4-10)17(13,15)16/h3-6,9H,7-8H2,1-2H3,(H2,13,15,16). The van der Waals surface area contributed by atoms with Crippen molar-refractivity contribution in [3.8, 4) is 0 Å². The Morgan fingerprint density at radius 1 is 1.24 bits per heavy atom. The first-order chi connectivity index (χ1) is 7.79. The zero-order chi connectivity index (χ0) is 13.1. The molecule has 1 rings (SSSR count). The molecule has 2 N–H and O–H groups in total. The van der Waals surface area contributed by atoms with Gasteiger partial charge in [-0.1, -0.05) is 26.0 Å². The minimum absolute atomic E-state index is 0.0672. The summed E-state index contributed by atoms with van der Waals surface area (Å²) in [5, 5.41) is 4.98. The fourth-order valence-corrected chi connectivity index (χ4v) is 2.07. The van der Waals surface area contributed by atoms with Gasteiger partial charge in [-0.3, -0.25) is 4.79 Å². The van der Waals surface area contributed by atoms with Gasteiger partial charge in [-0.15, -0.1) is 0 Å². The van der Waals surface area contributed by atoms with Crippen LogP contribution in [0.15, 0.2) is 29.2 Å². The summed E-state index contributed by atoms with van der Waals surface area (Å²) in [4.78, 5) is 11.6. The molecule has 0 fully saturated rings. The molecular weight excluding hydrogens is 238 g/mol. The first-order valence-corrected chi connectivity index (χ1v) is 6.97. The molecule has 1 aromatic carbocycles. The lowest BCUT2D eigenvalue weighted by atomic mass is 10.0. The van der Waals surface area contributed by atoms with Crippen LogP contribution in [0.3, 0.4) is 0 Å². The second-order valence-electron chi connectivity index (χ2n) is 4.50. The van der Waals surface area contributed by atoms with Crippen molar-refractivity contribution in [1.82, 2.24) is 0 Å². The number of rotatable bonds is 5. The number of Topliss-reactive ketones (excluding diaryl/α,β-unsaturated/α-hetero) is 1. The van der Waals surface area contributed by atoms with E-state index in [0.717, 1.165) is 5.56 Å². The maximum Gasteiger partial charge on any atom is 0.238 e. The quantitative estimate of drug-likeness (QED) is 0.866. The van der Waals surface area contributed by atoms with E-state index in [2.05, 4.69) is 0 Å². The lowest BCUT2D eigenvalue weighted by Gasteiger charge is -2.04. The number of benzene rings is 1. The Hall–Kier alpha value is -1.20. The van der Waals surface area contributed by atoms with Gasteiger partial charge in [0.25, 0.3) is 0 Å². The number of hydrogen-bond donors (Lipinski definition) is 1. The molecule has 4 nitrogen and oxygen atoms in total. The fraction of sp³-hybridized carbons (Fsp3) is 0.417. The molecule has 0 spiro atoms. The van der Waals surface area contributed by atoms with Gasteiger partial charge in [0.2, 0.25) is 10.0 Å². The third-order valence-corrected chi connectivity index (χ3v) is 3.22. The minimum Gasteiger partial charge on any atom is -0.299 e. The first-order valence-electron chi connectivity index (χ1n) is 5.42. The highest BCUT2D eigenvalue weighted by molar-refractivity contribution is 7.89. The number of carbonyl (C=O) groups excluding carboxylic acids is 1. The van der Waals surface area contributed by atoms with Crippen LogP contribution in [0.5, 0.6) is 0 Å². The Bertz CT molecular complexity index is 489. The molecule has 1 aromatic rings. The van der Waals surface area contributed by atoms with Crippen LogP contribution in [-0.2, 0) is 21.2 Å². The van der Waals surface area contributed by atoms with Crippen LogP contribution in [0, 0.1) is 5.92 Å². The topological polar surface area (TPSA) is 77.2 Å². The Morgan fingerprint density at radius 2 is 1.76 bits per heavy atom. The van der Waals surface area contributed by atoms with Crippen LogP contribution >= 0.6 is 0 Å². The summed E-state index contributed by atoms with van der Waals surface area (Å²) in [5.41, 5.74) is 0.808. The summed E-state index contributed by atoms with van der Waals surface area (Å²) in [7, 11) is -3.65. The molecule has 0 amide bonds. The minimum atomic E-state index is -3.65. The molecule has 0 aliphatic heterocycles. The molecule has 0 radical (unpaired) electrons. The fourth-order valence-electron chi connectivity index (χ4n) is 1.55. The van der Waals surface area contributed by atoms with Crippen LogP contribution in [-0.4, -0.2) is 14.2 Å². The molecule has 0 aliphatic rings. The van der Waals surface area contributed by atoms with Gasteiger partial charge in [-0.05, 0) is 23.6 Å². The summed E-state index contributed by atoms with van der Waals surface area (Å²) in [5.74, 6) is 0.495. The van der Waals surface area contributed by atoms with E-state index in [9.17, 15) is 13.2 Å². The number of sulfonamides is 1. The van der Waals surface area contributed by atoms with Crippen molar-refractivity contribution >= 4 is 15.8 Å². The Morgan fingerprint density at radius 3 is 2.18 bits per heavy atom. The monoisotopic (exact) mass is 255 g/mol. The van der Waals surface area contributed by atoms with E-state index in [1.165, 1.54) is 12.1 Å². The SMILES string of the molecule is CC(C)CC(=O)Cc1ccc(S(N)(=O)=O)cc1. The van der Waals surface area contributed by atoms with Crippen LogP contribution < -0.4 is 5.14 Å².